The van der Waals surface area contributed by atoms with Gasteiger partial charge in [-0.2, -0.15) is 0 Å². The summed E-state index contributed by atoms with van der Waals surface area (Å²) in [4.78, 5) is 11.4. The zero-order chi connectivity index (χ0) is 14.3. The number of anilines is 1. The third-order valence-electron chi connectivity index (χ3n) is 2.23. The molecule has 1 aromatic rings. The SMILES string of the molecule is NCCCCC(=O)Nc1ccc(OC(F)(F)F)cc1. The van der Waals surface area contributed by atoms with E-state index in [0.717, 1.165) is 18.6 Å². The summed E-state index contributed by atoms with van der Waals surface area (Å²) < 4.78 is 39.5. The Kier molecular flexibility index (Phi) is 5.62. The fraction of sp³-hybridized carbons (Fsp3) is 0.417. The number of alkyl halides is 3. The van der Waals surface area contributed by atoms with Gasteiger partial charge in [0.25, 0.3) is 0 Å². The highest BCUT2D eigenvalue weighted by molar-refractivity contribution is 5.90. The number of nitrogens with two attached hydrogens (primary N) is 1. The highest BCUT2D eigenvalue weighted by atomic mass is 19.4. The predicted octanol–water partition coefficient (Wildman–Crippen LogP) is 2.65. The molecular formula is C12H15F3N2O2. The number of carbonyl (C=O) groups is 1. The molecule has 0 unspecified atom stereocenters. The van der Waals surface area contributed by atoms with Crippen LogP contribution in [-0.2, 0) is 4.79 Å². The summed E-state index contributed by atoms with van der Waals surface area (Å²) in [6, 6.07) is 4.98. The molecule has 1 aromatic carbocycles. The summed E-state index contributed by atoms with van der Waals surface area (Å²) in [5, 5.41) is 2.57. The molecule has 0 aliphatic rings. The number of hydrogen-bond donors (Lipinski definition) is 2. The first kappa shape index (κ1) is 15.3. The number of benzene rings is 1. The van der Waals surface area contributed by atoms with Crippen LogP contribution in [0.4, 0.5) is 18.9 Å². The molecule has 19 heavy (non-hydrogen) atoms. The summed E-state index contributed by atoms with van der Waals surface area (Å²) in [5.74, 6) is -0.522. The first-order valence-corrected chi connectivity index (χ1v) is 5.76. The van der Waals surface area contributed by atoms with Crippen LogP contribution in [0.1, 0.15) is 19.3 Å². The molecule has 7 heteroatoms. The molecular weight excluding hydrogens is 261 g/mol. The van der Waals surface area contributed by atoms with Crippen molar-refractivity contribution < 1.29 is 22.7 Å². The largest absolute Gasteiger partial charge is 0.573 e. The zero-order valence-corrected chi connectivity index (χ0v) is 10.2. The Morgan fingerprint density at radius 1 is 1.21 bits per heavy atom. The Morgan fingerprint density at radius 3 is 2.37 bits per heavy atom. The maximum Gasteiger partial charge on any atom is 0.573 e. The van der Waals surface area contributed by atoms with Crippen molar-refractivity contribution in [1.82, 2.24) is 0 Å². The van der Waals surface area contributed by atoms with Crippen LogP contribution < -0.4 is 15.8 Å². The Labute approximate surface area is 108 Å². The minimum Gasteiger partial charge on any atom is -0.406 e. The average molecular weight is 276 g/mol. The second-order valence-corrected chi connectivity index (χ2v) is 3.87. The van der Waals surface area contributed by atoms with E-state index in [2.05, 4.69) is 10.1 Å². The molecule has 4 nitrogen and oxygen atoms in total. The Bertz CT molecular complexity index is 404. The van der Waals surface area contributed by atoms with Crippen molar-refractivity contribution in [2.24, 2.45) is 5.73 Å². The highest BCUT2D eigenvalue weighted by Crippen LogP contribution is 2.23. The van der Waals surface area contributed by atoms with Gasteiger partial charge in [0.2, 0.25) is 5.91 Å². The first-order valence-electron chi connectivity index (χ1n) is 5.76. The van der Waals surface area contributed by atoms with E-state index < -0.39 is 6.36 Å². The number of ether oxygens (including phenoxy) is 1. The second kappa shape index (κ2) is 6.98. The summed E-state index contributed by atoms with van der Waals surface area (Å²) in [7, 11) is 0. The van der Waals surface area contributed by atoms with Crippen LogP contribution in [-0.4, -0.2) is 18.8 Å². The van der Waals surface area contributed by atoms with Gasteiger partial charge in [-0.3, -0.25) is 4.79 Å². The topological polar surface area (TPSA) is 64.4 Å². The summed E-state index contributed by atoms with van der Waals surface area (Å²) in [6.07, 6.45) is -2.95. The monoisotopic (exact) mass is 276 g/mol. The van der Waals surface area contributed by atoms with Crippen molar-refractivity contribution in [3.63, 3.8) is 0 Å². The number of rotatable bonds is 6. The number of unbranched alkanes of at least 4 members (excludes halogenated alkanes) is 1. The normalized spacial score (nSPS) is 11.2. The van der Waals surface area contributed by atoms with E-state index in [1.54, 1.807) is 0 Å². The van der Waals surface area contributed by atoms with Crippen LogP contribution in [0.25, 0.3) is 0 Å². The number of amides is 1. The maximum atomic E-state index is 11.9. The second-order valence-electron chi connectivity index (χ2n) is 3.87. The predicted molar refractivity (Wildman–Crippen MR) is 64.7 cm³/mol. The lowest BCUT2D eigenvalue weighted by Gasteiger charge is -2.09. The van der Waals surface area contributed by atoms with Crippen molar-refractivity contribution >= 4 is 11.6 Å². The van der Waals surface area contributed by atoms with E-state index in [1.165, 1.54) is 12.1 Å². The molecule has 0 bridgehead atoms. The van der Waals surface area contributed by atoms with E-state index in [9.17, 15) is 18.0 Å². The van der Waals surface area contributed by atoms with Crippen molar-refractivity contribution in [2.75, 3.05) is 11.9 Å². The van der Waals surface area contributed by atoms with Crippen LogP contribution in [0, 0.1) is 0 Å². The van der Waals surface area contributed by atoms with Crippen molar-refractivity contribution in [1.29, 1.82) is 0 Å². The van der Waals surface area contributed by atoms with Crippen LogP contribution in [0.5, 0.6) is 5.75 Å². The summed E-state index contributed by atoms with van der Waals surface area (Å²) >= 11 is 0. The molecule has 0 spiro atoms. The smallest absolute Gasteiger partial charge is 0.406 e. The third-order valence-corrected chi connectivity index (χ3v) is 2.23. The van der Waals surface area contributed by atoms with Gasteiger partial charge in [-0.1, -0.05) is 0 Å². The third kappa shape index (κ3) is 6.66. The molecule has 0 fully saturated rings. The van der Waals surface area contributed by atoms with E-state index in [1.807, 2.05) is 0 Å². The van der Waals surface area contributed by atoms with Gasteiger partial charge in [-0.15, -0.1) is 13.2 Å². The Hall–Kier alpha value is -1.76. The van der Waals surface area contributed by atoms with Crippen LogP contribution in [0.2, 0.25) is 0 Å². The number of nitrogens with one attached hydrogen (secondary N) is 1. The van der Waals surface area contributed by atoms with Gasteiger partial charge in [-0.25, -0.2) is 0 Å². The lowest BCUT2D eigenvalue weighted by atomic mass is 10.2. The van der Waals surface area contributed by atoms with Gasteiger partial charge in [0, 0.05) is 12.1 Å². The molecule has 3 N–H and O–H groups in total. The molecule has 1 rings (SSSR count). The van der Waals surface area contributed by atoms with E-state index in [0.29, 0.717) is 25.1 Å². The van der Waals surface area contributed by atoms with Crippen molar-refractivity contribution in [3.05, 3.63) is 24.3 Å². The molecule has 0 aromatic heterocycles. The van der Waals surface area contributed by atoms with Gasteiger partial charge in [0.05, 0.1) is 0 Å². The molecule has 0 saturated carbocycles. The fourth-order valence-electron chi connectivity index (χ4n) is 1.39. The van der Waals surface area contributed by atoms with E-state index in [-0.39, 0.29) is 11.7 Å². The van der Waals surface area contributed by atoms with Crippen LogP contribution >= 0.6 is 0 Å². The van der Waals surface area contributed by atoms with Crippen molar-refractivity contribution in [2.45, 2.75) is 25.6 Å². The van der Waals surface area contributed by atoms with Gasteiger partial charge in [-0.05, 0) is 43.7 Å². The number of carbonyl (C=O) groups excluding carboxylic acids is 1. The maximum absolute atomic E-state index is 11.9. The number of halogens is 3. The summed E-state index contributed by atoms with van der Waals surface area (Å²) in [6.45, 7) is 0.525. The molecule has 0 aliphatic carbocycles. The number of hydrogen-bond acceptors (Lipinski definition) is 3. The summed E-state index contributed by atoms with van der Waals surface area (Å²) in [5.41, 5.74) is 5.72. The standard InChI is InChI=1S/C12H15F3N2O2/c13-12(14,15)19-10-6-4-9(5-7-10)17-11(18)3-1-2-8-16/h4-7H,1-3,8,16H2,(H,17,18). The van der Waals surface area contributed by atoms with Gasteiger partial charge in [0.15, 0.2) is 0 Å². The van der Waals surface area contributed by atoms with Gasteiger partial charge in [0.1, 0.15) is 5.75 Å². The van der Waals surface area contributed by atoms with E-state index >= 15 is 0 Å². The lowest BCUT2D eigenvalue weighted by molar-refractivity contribution is -0.274. The average Bonchev–Trinajstić information content (AvgIpc) is 2.30. The first-order chi connectivity index (χ1) is 8.90. The van der Waals surface area contributed by atoms with E-state index in [4.69, 9.17) is 5.73 Å². The Morgan fingerprint density at radius 2 is 1.84 bits per heavy atom. The molecule has 0 saturated heterocycles. The fourth-order valence-corrected chi connectivity index (χ4v) is 1.39. The minimum atomic E-state index is -4.72. The zero-order valence-electron chi connectivity index (χ0n) is 10.2. The molecule has 0 heterocycles. The van der Waals surface area contributed by atoms with Gasteiger partial charge >= 0.3 is 6.36 Å². The van der Waals surface area contributed by atoms with Gasteiger partial charge < -0.3 is 15.8 Å². The molecule has 0 aliphatic heterocycles. The molecule has 106 valence electrons. The molecule has 0 radical (unpaired) electrons. The Balaban J connectivity index is 2.46. The lowest BCUT2D eigenvalue weighted by Crippen LogP contribution is -2.17. The minimum absolute atomic E-state index is 0.196. The van der Waals surface area contributed by atoms with Crippen molar-refractivity contribution in [3.8, 4) is 5.75 Å². The molecule has 1 amide bonds. The highest BCUT2D eigenvalue weighted by Gasteiger charge is 2.30. The van der Waals surface area contributed by atoms with Crippen LogP contribution in [0.3, 0.4) is 0 Å². The quantitative estimate of drug-likeness (QED) is 0.785. The van der Waals surface area contributed by atoms with Crippen LogP contribution in [0.15, 0.2) is 24.3 Å². The molecule has 0 atom stereocenters.